The fourth-order valence-electron chi connectivity index (χ4n) is 14.2. The fraction of sp³-hybridized carbons (Fsp3) is 0.487. The van der Waals surface area contributed by atoms with Crippen molar-refractivity contribution in [3.8, 4) is 57.1 Å². The number of carboxylic acids is 1. The molecule has 0 aliphatic carbocycles. The summed E-state index contributed by atoms with van der Waals surface area (Å²) in [5, 5.41) is 132. The van der Waals surface area contributed by atoms with E-state index in [1.54, 1.807) is 27.7 Å². The summed E-state index contributed by atoms with van der Waals surface area (Å²) in [6.45, 7) is 7.32. The Morgan fingerprint density at radius 3 is 1.97 bits per heavy atom. The molecule has 0 spiro atoms. The van der Waals surface area contributed by atoms with Gasteiger partial charge in [0, 0.05) is 47.9 Å². The maximum absolute atomic E-state index is 16.1. The van der Waals surface area contributed by atoms with Gasteiger partial charge >= 0.3 is 11.9 Å². The van der Waals surface area contributed by atoms with Crippen LogP contribution in [0.3, 0.4) is 0 Å². The number of hydrogen-bond acceptors (Lipinski definition) is 28. The highest BCUT2D eigenvalue weighted by Crippen LogP contribution is 2.50. The number of hydrogen-bond donors (Lipinski definition) is 19. The van der Waals surface area contributed by atoms with Crippen molar-refractivity contribution >= 4 is 76.5 Å². The molecular weight excluding hydrogens is 1540 g/mol. The standard InChI is InChI=1S/C76H93Cl2N9O27/c1-7-8-9-10-17-108-50(73(106)107-6)28-81-75(4)27-53(114-76(5,30-75)31-89)112-65-63(97)62(96)51(29-88)111-74(65)113-64-48-22-36-23-49(64)110-47-16-13-35(21-41(47)78)61(95)59-71(103)85-57(72(104)105)39-24-37(90)25-45(92)54(39)38-19-33(11-14-44(38)91)55(68(100)87-59)84-69(101)56(36)83-52(93)26-43(66(80)98)82-70(102)58(86-67(99)42(79)18-32(2)3)60(94)34-12-15-46(109-48)40(77)20-34/h11-16,19-25,32,42-43,50-51,53,55-63,65,74,81,88-92,94-97H,7-10,17-18,26-31,79H2,1-6H3,(H2,80,98)(H,82,102)(H,83,93)(H,84,101)(H,85,103)(H,86,99)(H,87,100)(H,104,105)/t42-,43?,50?,51?,53?,55?,56?,57?,58+,59+,60?,61-,62?,63?,65?,74?,75?,76?/m1/s1. The van der Waals surface area contributed by atoms with E-state index in [1.165, 1.54) is 13.2 Å². The first-order valence-corrected chi connectivity index (χ1v) is 37.4. The predicted molar refractivity (Wildman–Crippen MR) is 399 cm³/mol. The third-order valence-electron chi connectivity index (χ3n) is 20.0. The van der Waals surface area contributed by atoms with Crippen molar-refractivity contribution in [3.05, 3.63) is 117 Å². The van der Waals surface area contributed by atoms with E-state index in [0.29, 0.717) is 6.42 Å². The minimum Gasteiger partial charge on any atom is -0.508 e. The van der Waals surface area contributed by atoms with E-state index in [4.69, 9.17) is 72.6 Å². The number of carbonyl (C=O) groups is 9. The van der Waals surface area contributed by atoms with Gasteiger partial charge in [0.15, 0.2) is 36.0 Å². The van der Waals surface area contributed by atoms with Crippen molar-refractivity contribution < 1.29 is 132 Å². The summed E-state index contributed by atoms with van der Waals surface area (Å²) in [5.74, 6) is -17.1. The Morgan fingerprint density at radius 2 is 1.37 bits per heavy atom. The van der Waals surface area contributed by atoms with Gasteiger partial charge < -0.3 is 138 Å². The van der Waals surface area contributed by atoms with E-state index in [0.717, 1.165) is 92.1 Å². The van der Waals surface area contributed by atoms with Crippen LogP contribution in [0.1, 0.15) is 144 Å². The van der Waals surface area contributed by atoms with Crippen molar-refractivity contribution in [2.24, 2.45) is 17.4 Å². The molecule has 114 heavy (non-hydrogen) atoms. The molecule has 36 nitrogen and oxygen atoms in total. The Hall–Kier alpha value is -9.77. The van der Waals surface area contributed by atoms with Crippen LogP contribution < -0.4 is 62.9 Å². The van der Waals surface area contributed by atoms with Crippen LogP contribution in [0.4, 0.5) is 0 Å². The summed E-state index contributed by atoms with van der Waals surface area (Å²) >= 11 is 14.2. The van der Waals surface area contributed by atoms with Gasteiger partial charge in [0.1, 0.15) is 89.5 Å². The average Bonchev–Trinajstić information content (AvgIpc) is 0.782. The summed E-state index contributed by atoms with van der Waals surface area (Å²) < 4.78 is 50.6. The lowest BCUT2D eigenvalue weighted by Crippen LogP contribution is -2.64. The average molecular weight is 1640 g/mol. The van der Waals surface area contributed by atoms with E-state index < -0.39 is 260 Å². The molecule has 0 saturated carbocycles. The topological polar surface area (TPSA) is 566 Å². The summed E-state index contributed by atoms with van der Waals surface area (Å²) in [4.78, 5) is 130. The molecule has 2 saturated heterocycles. The first-order valence-electron chi connectivity index (χ1n) is 36.6. The Bertz CT molecular complexity index is 4450. The van der Waals surface area contributed by atoms with E-state index in [2.05, 4.69) is 37.2 Å². The third-order valence-corrected chi connectivity index (χ3v) is 20.6. The lowest BCUT2D eigenvalue weighted by Gasteiger charge is -2.50. The van der Waals surface area contributed by atoms with E-state index >= 15 is 14.4 Å². The number of ether oxygens (including phenoxy) is 8. The molecular formula is C76H93Cl2N9O27. The Labute approximate surface area is 662 Å². The number of rotatable bonds is 22. The summed E-state index contributed by atoms with van der Waals surface area (Å²) in [7, 11) is 1.21. The molecule has 12 rings (SSSR count). The third kappa shape index (κ3) is 19.9. The molecule has 0 radical (unpaired) electrons. The van der Waals surface area contributed by atoms with Crippen LogP contribution in [-0.4, -0.2) is 216 Å². The van der Waals surface area contributed by atoms with Gasteiger partial charge in [-0.1, -0.05) is 81.4 Å². The Morgan fingerprint density at radius 1 is 0.728 bits per heavy atom. The second-order valence-corrected chi connectivity index (χ2v) is 30.3. The molecule has 7 amide bonds. The molecule has 18 atom stereocenters. The number of aliphatic carboxylic acids is 1. The molecule has 7 heterocycles. The second-order valence-electron chi connectivity index (χ2n) is 29.5. The molecule has 38 heteroatoms. The highest BCUT2D eigenvalue weighted by Gasteiger charge is 2.53. The van der Waals surface area contributed by atoms with Crippen LogP contribution in [0.15, 0.2) is 78.9 Å². The first kappa shape index (κ1) is 86.6. The number of unbranched alkanes of at least 4 members (excludes halogenated alkanes) is 3. The number of amides is 7. The number of carbonyl (C=O) groups excluding carboxylic acids is 8. The number of aliphatic hydroxyl groups excluding tert-OH is 6. The number of halogens is 2. The highest BCUT2D eigenvalue weighted by molar-refractivity contribution is 6.32. The fourth-order valence-corrected chi connectivity index (χ4v) is 14.7. The van der Waals surface area contributed by atoms with Crippen LogP contribution >= 0.6 is 23.2 Å². The summed E-state index contributed by atoms with van der Waals surface area (Å²) in [6, 6.07) is -1.05. The van der Waals surface area contributed by atoms with Crippen molar-refractivity contribution in [2.45, 2.75) is 195 Å². The summed E-state index contributed by atoms with van der Waals surface area (Å²) in [5.41, 5.74) is 6.62. The van der Waals surface area contributed by atoms with E-state index in [-0.39, 0.29) is 55.0 Å². The number of phenolic OH excluding ortho intramolecular Hbond substituents is 3. The predicted octanol–water partition coefficient (Wildman–Crippen LogP) is 2.01. The number of phenols is 3. The van der Waals surface area contributed by atoms with Crippen LogP contribution in [-0.2, 0) is 66.8 Å². The number of benzene rings is 5. The maximum atomic E-state index is 16.1. The van der Waals surface area contributed by atoms with Crippen LogP contribution in [0.2, 0.25) is 10.0 Å². The number of methoxy groups -OCH3 is 1. The van der Waals surface area contributed by atoms with Gasteiger partial charge in [-0.2, -0.15) is 0 Å². The van der Waals surface area contributed by atoms with Gasteiger partial charge in [0.25, 0.3) is 0 Å². The van der Waals surface area contributed by atoms with Crippen LogP contribution in [0, 0.1) is 5.92 Å². The molecule has 14 unspecified atom stereocenters. The zero-order valence-electron chi connectivity index (χ0n) is 62.6. The number of fused-ring (bicyclic) bond motifs is 16. The van der Waals surface area contributed by atoms with Crippen LogP contribution in [0.25, 0.3) is 11.1 Å². The van der Waals surface area contributed by atoms with Crippen molar-refractivity contribution in [1.29, 1.82) is 0 Å². The molecule has 21 N–H and O–H groups in total. The Kier molecular flexibility index (Phi) is 28.0. The van der Waals surface area contributed by atoms with Gasteiger partial charge in [-0.25, -0.2) is 9.59 Å². The van der Waals surface area contributed by atoms with Gasteiger partial charge in [0.05, 0.1) is 48.4 Å². The lowest BCUT2D eigenvalue weighted by molar-refractivity contribution is -0.340. The van der Waals surface area contributed by atoms with Gasteiger partial charge in [0.2, 0.25) is 53.4 Å². The summed E-state index contributed by atoms with van der Waals surface area (Å²) in [6.07, 6.45) is -14.7. The maximum Gasteiger partial charge on any atom is 0.336 e. The van der Waals surface area contributed by atoms with Crippen molar-refractivity contribution in [2.75, 3.05) is 33.5 Å². The van der Waals surface area contributed by atoms with E-state index in [1.807, 2.05) is 6.92 Å². The molecule has 5 aromatic rings. The van der Waals surface area contributed by atoms with Crippen molar-refractivity contribution in [3.63, 3.8) is 0 Å². The number of aliphatic hydroxyl groups is 6. The SMILES string of the molecule is CCCCCCOC(CNC1(C)CC(OC2C(Oc3c4cc5cc3Oc3ccc(cc3Cl)[C@@H](O)[C@@H]3NC(=O)C(NC(=O)C5NC(=O)CC(C(N)=O)NC(=O)[C@@H](NC(=O)[C@H](N)CC(C)C)C(O)c5ccc(c(Cl)c5)O4)c4ccc(O)c(c4)-c4c(O)cc(O)cc4C(C(=O)O)NC3=O)OC(CO)C(O)C2O)OC(C)(CO)C1)C(=O)OC. The monoisotopic (exact) mass is 1630 g/mol. The molecule has 7 aliphatic heterocycles. The van der Waals surface area contributed by atoms with Crippen LogP contribution in [0.5, 0.6) is 46.0 Å². The minimum absolute atomic E-state index is 0.0603. The quantitative estimate of drug-likeness (QED) is 0.0348. The van der Waals surface area contributed by atoms with Crippen molar-refractivity contribution in [1.82, 2.24) is 37.2 Å². The largest absolute Gasteiger partial charge is 0.508 e. The number of aromatic hydroxyl groups is 3. The van der Waals surface area contributed by atoms with Gasteiger partial charge in [-0.15, -0.1) is 0 Å². The molecule has 7 aliphatic rings. The number of nitrogens with one attached hydrogen (secondary N) is 7. The zero-order chi connectivity index (χ0) is 83.1. The molecule has 0 aromatic heterocycles. The molecule has 618 valence electrons. The minimum atomic E-state index is -2.32. The zero-order valence-corrected chi connectivity index (χ0v) is 64.1. The molecule has 11 bridgehead atoms. The molecule has 5 aromatic carbocycles. The lowest BCUT2D eigenvalue weighted by atomic mass is 9.81. The molecule has 2 fully saturated rings. The first-order chi connectivity index (χ1) is 54.0. The Balaban J connectivity index is 1.19. The van der Waals surface area contributed by atoms with Gasteiger partial charge in [-0.3, -0.25) is 33.6 Å². The van der Waals surface area contributed by atoms with Gasteiger partial charge in [-0.05, 0) is 116 Å². The normalized spacial score (nSPS) is 27.8. The number of primary amides is 1. The second kappa shape index (κ2) is 36.8. The number of nitrogens with two attached hydrogens (primary N) is 2. The number of esters is 1. The smallest absolute Gasteiger partial charge is 0.336 e. The van der Waals surface area contributed by atoms with E-state index in [9.17, 15) is 79.8 Å². The number of carboxylic acid groups (broad SMARTS) is 1. The highest BCUT2D eigenvalue weighted by atomic mass is 35.5.